The number of rotatable bonds is 6. The zero-order valence-corrected chi connectivity index (χ0v) is 20.8. The molecule has 8 heteroatoms. The first-order valence-electron chi connectivity index (χ1n) is 10.5. The van der Waals surface area contributed by atoms with Crippen molar-refractivity contribution in [2.45, 2.75) is 49.7 Å². The van der Waals surface area contributed by atoms with Gasteiger partial charge in [0.15, 0.2) is 0 Å². The molecule has 3 nitrogen and oxygen atoms in total. The second kappa shape index (κ2) is 9.08. The van der Waals surface area contributed by atoms with Crippen LogP contribution in [0.1, 0.15) is 31.9 Å². The Morgan fingerprint density at radius 1 is 0.818 bits per heavy atom. The van der Waals surface area contributed by atoms with E-state index in [1.165, 1.54) is 12.1 Å². The molecule has 33 heavy (non-hydrogen) atoms. The van der Waals surface area contributed by atoms with Crippen LogP contribution in [0.4, 0.5) is 13.2 Å². The summed E-state index contributed by atoms with van der Waals surface area (Å²) in [7, 11) is -8.57. The maximum Gasteiger partial charge on any atom is 0.501 e. The highest BCUT2D eigenvalue weighted by atomic mass is 32.2. The molecule has 0 atom stereocenters. The van der Waals surface area contributed by atoms with Gasteiger partial charge in [-0.25, -0.2) is 8.42 Å². The molecule has 0 aromatic heterocycles. The lowest BCUT2D eigenvalue weighted by molar-refractivity contribution is -0.0436. The van der Waals surface area contributed by atoms with Gasteiger partial charge < -0.3 is 4.43 Å². The van der Waals surface area contributed by atoms with Crippen LogP contribution in [0.25, 0.3) is 0 Å². The minimum atomic E-state index is -5.52. The topological polar surface area (TPSA) is 43.4 Å². The summed E-state index contributed by atoms with van der Waals surface area (Å²) in [6.07, 6.45) is 0. The van der Waals surface area contributed by atoms with Crippen molar-refractivity contribution in [1.82, 2.24) is 0 Å². The Morgan fingerprint density at radius 2 is 1.30 bits per heavy atom. The van der Waals surface area contributed by atoms with Crippen LogP contribution in [-0.2, 0) is 20.9 Å². The summed E-state index contributed by atoms with van der Waals surface area (Å²) < 4.78 is 71.3. The minimum absolute atomic E-state index is 0.000289. The SMILES string of the molecule is Cc1ccc(S(=O)(=O)C(F)(F)F)c(CO[Si](c2ccccc2)(c2ccccc2)C(C)(C)C)c1. The third-order valence-electron chi connectivity index (χ3n) is 5.67. The first-order chi connectivity index (χ1) is 15.3. The van der Waals surface area contributed by atoms with E-state index in [-0.39, 0.29) is 12.2 Å². The van der Waals surface area contributed by atoms with Gasteiger partial charge in [0, 0.05) is 0 Å². The zero-order valence-electron chi connectivity index (χ0n) is 19.0. The van der Waals surface area contributed by atoms with Crippen LogP contribution >= 0.6 is 0 Å². The summed E-state index contributed by atoms with van der Waals surface area (Å²) in [5, 5.41) is 1.51. The molecule has 3 aromatic rings. The molecule has 0 aliphatic carbocycles. The van der Waals surface area contributed by atoms with Crippen LogP contribution in [0.2, 0.25) is 5.04 Å². The van der Waals surface area contributed by atoms with E-state index in [9.17, 15) is 21.6 Å². The summed E-state index contributed by atoms with van der Waals surface area (Å²) in [5.74, 6) is 0. The fraction of sp³-hybridized carbons (Fsp3) is 0.280. The molecule has 0 N–H and O–H groups in total. The van der Waals surface area contributed by atoms with E-state index < -0.39 is 33.6 Å². The largest absolute Gasteiger partial charge is 0.501 e. The normalized spacial score (nSPS) is 13.2. The average Bonchev–Trinajstić information content (AvgIpc) is 2.74. The lowest BCUT2D eigenvalue weighted by atomic mass is 10.1. The first kappa shape index (κ1) is 25.2. The molecular weight excluding hydrogens is 465 g/mol. The van der Waals surface area contributed by atoms with Crippen molar-refractivity contribution in [2.24, 2.45) is 0 Å². The molecule has 0 fully saturated rings. The van der Waals surface area contributed by atoms with E-state index in [1.54, 1.807) is 6.92 Å². The fourth-order valence-electron chi connectivity index (χ4n) is 4.16. The molecule has 0 bridgehead atoms. The predicted octanol–water partition coefficient (Wildman–Crippen LogP) is 5.37. The van der Waals surface area contributed by atoms with Crippen LogP contribution in [0.5, 0.6) is 0 Å². The molecule has 3 rings (SSSR count). The lowest BCUT2D eigenvalue weighted by Gasteiger charge is -2.43. The lowest BCUT2D eigenvalue weighted by Crippen LogP contribution is -2.66. The second-order valence-electron chi connectivity index (χ2n) is 9.01. The fourth-order valence-corrected chi connectivity index (χ4v) is 9.64. The number of alkyl halides is 3. The highest BCUT2D eigenvalue weighted by molar-refractivity contribution is 7.92. The highest BCUT2D eigenvalue weighted by Crippen LogP contribution is 2.38. The van der Waals surface area contributed by atoms with Crippen LogP contribution in [0.15, 0.2) is 83.8 Å². The van der Waals surface area contributed by atoms with Crippen LogP contribution in [0, 0.1) is 6.92 Å². The minimum Gasteiger partial charge on any atom is -0.403 e. The van der Waals surface area contributed by atoms with E-state index in [2.05, 4.69) is 0 Å². The van der Waals surface area contributed by atoms with Gasteiger partial charge in [-0.05, 0) is 34.0 Å². The van der Waals surface area contributed by atoms with Gasteiger partial charge in [0.05, 0.1) is 11.5 Å². The Bertz CT molecular complexity index is 1160. The molecular formula is C25H27F3O3SSi. The molecule has 0 unspecified atom stereocenters. The van der Waals surface area contributed by atoms with Crippen molar-refractivity contribution in [3.63, 3.8) is 0 Å². The number of halogens is 3. The van der Waals surface area contributed by atoms with Gasteiger partial charge in [-0.1, -0.05) is 99.1 Å². The summed E-state index contributed by atoms with van der Waals surface area (Å²) in [6.45, 7) is 7.57. The van der Waals surface area contributed by atoms with Crippen molar-refractivity contribution >= 4 is 28.5 Å². The molecule has 0 heterocycles. The quantitative estimate of drug-likeness (QED) is 0.435. The summed E-state index contributed by atoms with van der Waals surface area (Å²) in [5.41, 5.74) is -4.74. The number of hydrogen-bond donors (Lipinski definition) is 0. The Balaban J connectivity index is 2.19. The summed E-state index contributed by atoms with van der Waals surface area (Å²) in [6, 6.07) is 23.1. The van der Waals surface area contributed by atoms with E-state index in [0.29, 0.717) is 5.56 Å². The van der Waals surface area contributed by atoms with E-state index >= 15 is 0 Å². The van der Waals surface area contributed by atoms with Crippen molar-refractivity contribution in [1.29, 1.82) is 0 Å². The third kappa shape index (κ3) is 4.78. The van der Waals surface area contributed by atoms with Crippen molar-refractivity contribution < 1.29 is 26.0 Å². The Kier molecular flexibility index (Phi) is 6.93. The van der Waals surface area contributed by atoms with Crippen molar-refractivity contribution in [3.05, 3.63) is 90.0 Å². The van der Waals surface area contributed by atoms with Crippen molar-refractivity contribution in [2.75, 3.05) is 0 Å². The number of hydrogen-bond acceptors (Lipinski definition) is 3. The maximum atomic E-state index is 13.4. The third-order valence-corrected chi connectivity index (χ3v) is 12.2. The van der Waals surface area contributed by atoms with Gasteiger partial charge in [0.25, 0.3) is 18.2 Å². The van der Waals surface area contributed by atoms with Gasteiger partial charge in [-0.15, -0.1) is 0 Å². The maximum absolute atomic E-state index is 13.4. The second-order valence-corrected chi connectivity index (χ2v) is 15.2. The molecule has 0 aliphatic heterocycles. The predicted molar refractivity (Wildman–Crippen MR) is 127 cm³/mol. The number of aryl methyl sites for hydroxylation is 1. The summed E-state index contributed by atoms with van der Waals surface area (Å²) in [4.78, 5) is -0.765. The van der Waals surface area contributed by atoms with E-state index in [0.717, 1.165) is 16.4 Å². The molecule has 176 valence electrons. The number of sulfone groups is 1. The molecule has 0 radical (unpaired) electrons. The monoisotopic (exact) mass is 492 g/mol. The molecule has 0 saturated heterocycles. The average molecular weight is 493 g/mol. The van der Waals surface area contributed by atoms with Crippen LogP contribution < -0.4 is 10.4 Å². The van der Waals surface area contributed by atoms with Crippen molar-refractivity contribution in [3.8, 4) is 0 Å². The standard InChI is InChI=1S/C25H27F3O3SSi/c1-19-15-16-23(32(29,30)25(26,27)28)20(17-19)18-31-33(24(2,3)4,21-11-7-5-8-12-21)22-13-9-6-10-14-22/h5-17H,18H2,1-4H3. The Hall–Kier alpha value is -2.42. The molecule has 0 spiro atoms. The van der Waals surface area contributed by atoms with Gasteiger partial charge in [-0.2, -0.15) is 13.2 Å². The van der Waals surface area contributed by atoms with Gasteiger partial charge >= 0.3 is 5.51 Å². The van der Waals surface area contributed by atoms with Gasteiger partial charge in [0.2, 0.25) is 0 Å². The first-order valence-corrected chi connectivity index (χ1v) is 13.9. The van der Waals surface area contributed by atoms with E-state index in [1.807, 2.05) is 81.4 Å². The van der Waals surface area contributed by atoms with Crippen LogP contribution in [-0.4, -0.2) is 22.2 Å². The Labute approximate surface area is 194 Å². The van der Waals surface area contributed by atoms with Gasteiger partial charge in [0.1, 0.15) is 0 Å². The summed E-state index contributed by atoms with van der Waals surface area (Å²) >= 11 is 0. The highest BCUT2D eigenvalue weighted by Gasteiger charge is 2.51. The molecule has 3 aromatic carbocycles. The van der Waals surface area contributed by atoms with Crippen LogP contribution in [0.3, 0.4) is 0 Å². The molecule has 0 aliphatic rings. The van der Waals surface area contributed by atoms with E-state index in [4.69, 9.17) is 4.43 Å². The Morgan fingerprint density at radius 3 is 1.73 bits per heavy atom. The molecule has 0 saturated carbocycles. The number of benzene rings is 3. The molecule has 0 amide bonds. The smallest absolute Gasteiger partial charge is 0.403 e. The zero-order chi connectivity index (χ0) is 24.5. The van der Waals surface area contributed by atoms with Gasteiger partial charge in [-0.3, -0.25) is 0 Å².